The fraction of sp³-hybridized carbons (Fsp3) is 0.353. The summed E-state index contributed by atoms with van der Waals surface area (Å²) >= 11 is 5.12. The molecule has 1 aliphatic heterocycles. The van der Waals surface area contributed by atoms with Gasteiger partial charge in [-0.25, -0.2) is 0 Å². The van der Waals surface area contributed by atoms with Crippen molar-refractivity contribution in [1.82, 2.24) is 5.32 Å². The second-order valence-corrected chi connectivity index (χ2v) is 7.56. The van der Waals surface area contributed by atoms with E-state index in [9.17, 15) is 4.79 Å². The van der Waals surface area contributed by atoms with Crippen molar-refractivity contribution in [2.24, 2.45) is 0 Å². The van der Waals surface area contributed by atoms with E-state index in [0.717, 1.165) is 32.6 Å². The summed E-state index contributed by atoms with van der Waals surface area (Å²) in [4.78, 5) is 13.8. The highest BCUT2D eigenvalue weighted by molar-refractivity contribution is 9.10. The average Bonchev–Trinajstić information content (AvgIpc) is 2.89. The molecule has 2 heterocycles. The van der Waals surface area contributed by atoms with Crippen molar-refractivity contribution in [3.8, 4) is 11.5 Å². The van der Waals surface area contributed by atoms with Crippen LogP contribution >= 0.6 is 27.3 Å². The predicted molar refractivity (Wildman–Crippen MR) is 99.5 cm³/mol. The Balaban J connectivity index is 2.00. The maximum absolute atomic E-state index is 12.6. The summed E-state index contributed by atoms with van der Waals surface area (Å²) in [5, 5.41) is 7.38. The van der Waals surface area contributed by atoms with Crippen molar-refractivity contribution in [2.75, 3.05) is 19.5 Å². The summed E-state index contributed by atoms with van der Waals surface area (Å²) in [5.74, 6) is 1.20. The standard InChI is InChI=1S/C17H19BrN2O3S/c1-5-10-8(2)24-17-13(10)16(21)19-15(20-17)9-6-11(18)14(23-4)12(7-9)22-3/h6-7,15,20H,5H2,1-4H3,(H,19,21). The summed E-state index contributed by atoms with van der Waals surface area (Å²) < 4.78 is 11.5. The Bertz CT molecular complexity index is 804. The van der Waals surface area contributed by atoms with Crippen LogP contribution in [0, 0.1) is 6.92 Å². The van der Waals surface area contributed by atoms with E-state index in [4.69, 9.17) is 9.47 Å². The van der Waals surface area contributed by atoms with E-state index in [1.54, 1.807) is 25.6 Å². The van der Waals surface area contributed by atoms with E-state index >= 15 is 0 Å². The first-order valence-electron chi connectivity index (χ1n) is 7.61. The van der Waals surface area contributed by atoms with Crippen LogP contribution in [0.1, 0.15) is 39.5 Å². The van der Waals surface area contributed by atoms with Gasteiger partial charge in [0, 0.05) is 4.88 Å². The van der Waals surface area contributed by atoms with Crippen LogP contribution < -0.4 is 20.1 Å². The zero-order chi connectivity index (χ0) is 17.4. The summed E-state index contributed by atoms with van der Waals surface area (Å²) in [6.45, 7) is 4.12. The number of aryl methyl sites for hydroxylation is 1. The van der Waals surface area contributed by atoms with Crippen LogP contribution in [0.2, 0.25) is 0 Å². The van der Waals surface area contributed by atoms with Gasteiger partial charge >= 0.3 is 0 Å². The molecular weight excluding hydrogens is 392 g/mol. The number of carbonyl (C=O) groups excluding carboxylic acids is 1. The molecule has 2 N–H and O–H groups in total. The first kappa shape index (κ1) is 17.1. The van der Waals surface area contributed by atoms with Crippen molar-refractivity contribution in [3.63, 3.8) is 0 Å². The molecule has 2 aromatic rings. The van der Waals surface area contributed by atoms with Crippen molar-refractivity contribution in [2.45, 2.75) is 26.4 Å². The Morgan fingerprint density at radius 3 is 2.62 bits per heavy atom. The van der Waals surface area contributed by atoms with Gasteiger partial charge in [-0.05, 0) is 52.5 Å². The van der Waals surface area contributed by atoms with Crippen LogP contribution in [0.5, 0.6) is 11.5 Å². The minimum Gasteiger partial charge on any atom is -0.493 e. The Labute approximate surface area is 153 Å². The first-order chi connectivity index (χ1) is 11.5. The summed E-state index contributed by atoms with van der Waals surface area (Å²) in [5.41, 5.74) is 2.78. The van der Waals surface area contributed by atoms with Gasteiger partial charge in [0.1, 0.15) is 11.2 Å². The minimum absolute atomic E-state index is 0.0409. The second kappa shape index (κ2) is 6.64. The molecule has 24 heavy (non-hydrogen) atoms. The number of hydrogen-bond donors (Lipinski definition) is 2. The lowest BCUT2D eigenvalue weighted by Gasteiger charge is -2.27. The first-order valence-corrected chi connectivity index (χ1v) is 9.22. The lowest BCUT2D eigenvalue weighted by atomic mass is 10.0. The second-order valence-electron chi connectivity index (χ2n) is 5.48. The van der Waals surface area contributed by atoms with Crippen LogP contribution in [0.3, 0.4) is 0 Å². The molecule has 0 fully saturated rings. The van der Waals surface area contributed by atoms with Gasteiger partial charge in [-0.15, -0.1) is 11.3 Å². The minimum atomic E-state index is -0.316. The highest BCUT2D eigenvalue weighted by Gasteiger charge is 2.30. The molecule has 0 spiro atoms. The van der Waals surface area contributed by atoms with Crippen LogP contribution in [-0.2, 0) is 6.42 Å². The molecule has 0 saturated carbocycles. The van der Waals surface area contributed by atoms with Gasteiger partial charge in [0.05, 0.1) is 24.3 Å². The zero-order valence-electron chi connectivity index (χ0n) is 14.0. The Hall–Kier alpha value is -1.73. The third-order valence-electron chi connectivity index (χ3n) is 4.13. The molecule has 5 nitrogen and oxygen atoms in total. The third kappa shape index (κ3) is 2.75. The summed E-state index contributed by atoms with van der Waals surface area (Å²) in [6.07, 6.45) is 0.531. The highest BCUT2D eigenvalue weighted by atomic mass is 79.9. The van der Waals surface area contributed by atoms with Gasteiger partial charge < -0.3 is 20.1 Å². The van der Waals surface area contributed by atoms with Gasteiger partial charge in [0.2, 0.25) is 0 Å². The Morgan fingerprint density at radius 1 is 1.25 bits per heavy atom. The monoisotopic (exact) mass is 410 g/mol. The lowest BCUT2D eigenvalue weighted by Crippen LogP contribution is -2.38. The van der Waals surface area contributed by atoms with Crippen LogP contribution in [-0.4, -0.2) is 20.1 Å². The molecule has 1 amide bonds. The number of thiophene rings is 1. The largest absolute Gasteiger partial charge is 0.493 e. The molecule has 1 unspecified atom stereocenters. The maximum Gasteiger partial charge on any atom is 0.256 e. The topological polar surface area (TPSA) is 59.6 Å². The van der Waals surface area contributed by atoms with Gasteiger partial charge in [0.25, 0.3) is 5.91 Å². The SMILES string of the molecule is CCc1c(C)sc2c1C(=O)NC(c1cc(Br)c(OC)c(OC)c1)N2. The van der Waals surface area contributed by atoms with Crippen molar-refractivity contribution >= 4 is 38.2 Å². The molecule has 1 atom stereocenters. The van der Waals surface area contributed by atoms with E-state index in [1.165, 1.54) is 4.88 Å². The number of amides is 1. The molecule has 1 aliphatic rings. The van der Waals surface area contributed by atoms with E-state index in [1.807, 2.05) is 12.1 Å². The van der Waals surface area contributed by atoms with E-state index < -0.39 is 0 Å². The van der Waals surface area contributed by atoms with E-state index in [0.29, 0.717) is 11.5 Å². The number of hydrogen-bond acceptors (Lipinski definition) is 5. The average molecular weight is 411 g/mol. The van der Waals surface area contributed by atoms with Crippen molar-refractivity contribution in [1.29, 1.82) is 0 Å². The number of anilines is 1. The fourth-order valence-corrected chi connectivity index (χ4v) is 4.78. The van der Waals surface area contributed by atoms with Gasteiger partial charge in [-0.2, -0.15) is 0 Å². The van der Waals surface area contributed by atoms with Crippen LogP contribution in [0.4, 0.5) is 5.00 Å². The number of nitrogens with one attached hydrogen (secondary N) is 2. The molecular formula is C17H19BrN2O3S. The van der Waals surface area contributed by atoms with Gasteiger partial charge in [-0.1, -0.05) is 6.92 Å². The molecule has 0 saturated heterocycles. The smallest absolute Gasteiger partial charge is 0.256 e. The third-order valence-corrected chi connectivity index (χ3v) is 5.80. The molecule has 1 aromatic heterocycles. The lowest BCUT2D eigenvalue weighted by molar-refractivity contribution is 0.0935. The molecule has 3 rings (SSSR count). The highest BCUT2D eigenvalue weighted by Crippen LogP contribution is 2.41. The van der Waals surface area contributed by atoms with Crippen LogP contribution in [0.15, 0.2) is 16.6 Å². The van der Waals surface area contributed by atoms with E-state index in [-0.39, 0.29) is 12.1 Å². The van der Waals surface area contributed by atoms with Crippen molar-refractivity contribution < 1.29 is 14.3 Å². The van der Waals surface area contributed by atoms with E-state index in [2.05, 4.69) is 40.4 Å². The Kier molecular flexibility index (Phi) is 4.73. The summed E-state index contributed by atoms with van der Waals surface area (Å²) in [7, 11) is 3.19. The molecule has 0 radical (unpaired) electrons. The molecule has 128 valence electrons. The number of rotatable bonds is 4. The number of ether oxygens (including phenoxy) is 2. The number of fused-ring (bicyclic) bond motifs is 1. The van der Waals surface area contributed by atoms with Gasteiger partial charge in [0.15, 0.2) is 11.5 Å². The van der Waals surface area contributed by atoms with Crippen molar-refractivity contribution in [3.05, 3.63) is 38.2 Å². The number of methoxy groups -OCH3 is 2. The maximum atomic E-state index is 12.6. The molecule has 0 bridgehead atoms. The molecule has 7 heteroatoms. The Morgan fingerprint density at radius 2 is 2.00 bits per heavy atom. The molecule has 0 aliphatic carbocycles. The fourth-order valence-electron chi connectivity index (χ4n) is 2.99. The van der Waals surface area contributed by atoms with Gasteiger partial charge in [-0.3, -0.25) is 4.79 Å². The number of carbonyl (C=O) groups is 1. The number of benzene rings is 1. The molecule has 1 aromatic carbocycles. The number of halogens is 1. The quantitative estimate of drug-likeness (QED) is 0.790. The predicted octanol–water partition coefficient (Wildman–Crippen LogP) is 4.25. The van der Waals surface area contributed by atoms with Crippen LogP contribution in [0.25, 0.3) is 0 Å². The normalized spacial score (nSPS) is 16.2. The zero-order valence-corrected chi connectivity index (χ0v) is 16.4. The summed E-state index contributed by atoms with van der Waals surface area (Å²) in [6, 6.07) is 3.79.